The van der Waals surface area contributed by atoms with Crippen molar-refractivity contribution in [3.8, 4) is 5.75 Å². The van der Waals surface area contributed by atoms with Gasteiger partial charge >= 0.3 is 0 Å². The van der Waals surface area contributed by atoms with Crippen LogP contribution in [-0.4, -0.2) is 6.61 Å². The molecule has 0 aromatic heterocycles. The molecule has 0 amide bonds. The number of halogens is 2. The second-order valence-electron chi connectivity index (χ2n) is 12.7. The van der Waals surface area contributed by atoms with E-state index in [1.807, 2.05) is 6.07 Å². The van der Waals surface area contributed by atoms with Gasteiger partial charge in [-0.2, -0.15) is 4.39 Å². The van der Waals surface area contributed by atoms with Gasteiger partial charge in [0.1, 0.15) is 0 Å². The van der Waals surface area contributed by atoms with E-state index in [2.05, 4.69) is 13.8 Å². The lowest BCUT2D eigenvalue weighted by atomic mass is 9.68. The third-order valence-corrected chi connectivity index (χ3v) is 10.2. The molecular formula is C33H52F2O. The van der Waals surface area contributed by atoms with E-state index in [-0.39, 0.29) is 11.7 Å². The molecule has 0 bridgehead atoms. The fraction of sp³-hybridized carbons (Fsp3) is 0.818. The summed E-state index contributed by atoms with van der Waals surface area (Å²) in [5.74, 6) is 2.77. The topological polar surface area (TPSA) is 9.23 Å². The van der Waals surface area contributed by atoms with Gasteiger partial charge in [0.2, 0.25) is 5.82 Å². The molecule has 4 rings (SSSR count). The van der Waals surface area contributed by atoms with E-state index in [1.54, 1.807) is 6.07 Å². The van der Waals surface area contributed by atoms with Crippen LogP contribution in [0.25, 0.3) is 0 Å². The standard InChI is InChI=1S/C33H52F2O/c1-3-5-6-8-25-13-15-27(16-14-25)28-17-19-29(20-18-28)30-21-22-31(33(35)32(30)34)36-23-26-11-9-24(7-4-2)10-12-26/h21-22,24-29H,3-20,23H2,1-2H3. The van der Waals surface area contributed by atoms with Crippen molar-refractivity contribution in [3.63, 3.8) is 0 Å². The Morgan fingerprint density at radius 1 is 0.639 bits per heavy atom. The Hall–Kier alpha value is -1.12. The summed E-state index contributed by atoms with van der Waals surface area (Å²) in [7, 11) is 0. The molecule has 3 saturated carbocycles. The Kier molecular flexibility index (Phi) is 11.0. The molecule has 0 heterocycles. The molecule has 0 atom stereocenters. The van der Waals surface area contributed by atoms with Crippen molar-refractivity contribution in [1.82, 2.24) is 0 Å². The fourth-order valence-corrected chi connectivity index (χ4v) is 7.81. The van der Waals surface area contributed by atoms with Crippen LogP contribution in [0, 0.1) is 41.2 Å². The second kappa shape index (κ2) is 14.1. The smallest absolute Gasteiger partial charge is 0.200 e. The van der Waals surface area contributed by atoms with Crippen LogP contribution in [0.5, 0.6) is 5.75 Å². The van der Waals surface area contributed by atoms with Gasteiger partial charge in [-0.25, -0.2) is 4.39 Å². The van der Waals surface area contributed by atoms with Gasteiger partial charge in [-0.15, -0.1) is 0 Å². The zero-order valence-corrected chi connectivity index (χ0v) is 23.2. The molecule has 3 heteroatoms. The predicted octanol–water partition coefficient (Wildman–Crippen LogP) is 10.6. The first-order chi connectivity index (χ1) is 17.6. The largest absolute Gasteiger partial charge is 0.490 e. The highest BCUT2D eigenvalue weighted by atomic mass is 19.2. The van der Waals surface area contributed by atoms with Crippen LogP contribution in [0.1, 0.15) is 141 Å². The van der Waals surface area contributed by atoms with E-state index in [0.29, 0.717) is 18.1 Å². The number of rotatable bonds is 11. The number of benzene rings is 1. The van der Waals surface area contributed by atoms with Gasteiger partial charge < -0.3 is 4.74 Å². The van der Waals surface area contributed by atoms with E-state index in [4.69, 9.17) is 4.74 Å². The molecule has 0 aliphatic heterocycles. The summed E-state index contributed by atoms with van der Waals surface area (Å²) in [6.45, 7) is 5.05. The minimum Gasteiger partial charge on any atom is -0.490 e. The van der Waals surface area contributed by atoms with Gasteiger partial charge in [0, 0.05) is 0 Å². The van der Waals surface area contributed by atoms with Crippen LogP contribution in [0.15, 0.2) is 12.1 Å². The Labute approximate surface area is 220 Å². The molecule has 36 heavy (non-hydrogen) atoms. The van der Waals surface area contributed by atoms with E-state index >= 15 is 4.39 Å². The summed E-state index contributed by atoms with van der Waals surface area (Å²) in [4.78, 5) is 0. The number of ether oxygens (including phenoxy) is 1. The first-order valence-electron chi connectivity index (χ1n) is 15.7. The summed E-state index contributed by atoms with van der Waals surface area (Å²) < 4.78 is 35.9. The Bertz CT molecular complexity index is 768. The number of hydrogen-bond acceptors (Lipinski definition) is 1. The molecule has 0 saturated heterocycles. The Morgan fingerprint density at radius 3 is 1.86 bits per heavy atom. The highest BCUT2D eigenvalue weighted by Gasteiger charge is 2.32. The van der Waals surface area contributed by atoms with Crippen molar-refractivity contribution in [1.29, 1.82) is 0 Å². The SMILES string of the molecule is CCCCCC1CCC(C2CCC(c3ccc(OCC4CCC(CCC)CC4)c(F)c3F)CC2)CC1. The van der Waals surface area contributed by atoms with Crippen molar-refractivity contribution >= 4 is 0 Å². The van der Waals surface area contributed by atoms with Crippen LogP contribution >= 0.6 is 0 Å². The molecule has 3 aliphatic carbocycles. The third-order valence-electron chi connectivity index (χ3n) is 10.2. The molecule has 0 radical (unpaired) electrons. The molecule has 204 valence electrons. The van der Waals surface area contributed by atoms with Gasteiger partial charge in [-0.1, -0.05) is 84.1 Å². The third kappa shape index (κ3) is 7.47. The molecule has 0 unspecified atom stereocenters. The van der Waals surface area contributed by atoms with Crippen LogP contribution in [0.2, 0.25) is 0 Å². The van der Waals surface area contributed by atoms with E-state index in [9.17, 15) is 4.39 Å². The molecular weight excluding hydrogens is 450 g/mol. The van der Waals surface area contributed by atoms with Crippen molar-refractivity contribution < 1.29 is 13.5 Å². The zero-order chi connectivity index (χ0) is 25.3. The van der Waals surface area contributed by atoms with Crippen molar-refractivity contribution in [2.24, 2.45) is 29.6 Å². The van der Waals surface area contributed by atoms with Crippen LogP contribution in [0.4, 0.5) is 8.78 Å². The van der Waals surface area contributed by atoms with Crippen LogP contribution in [-0.2, 0) is 0 Å². The lowest BCUT2D eigenvalue weighted by Gasteiger charge is -2.38. The molecule has 1 aromatic carbocycles. The second-order valence-corrected chi connectivity index (χ2v) is 12.7. The van der Waals surface area contributed by atoms with Crippen LogP contribution in [0.3, 0.4) is 0 Å². The maximum Gasteiger partial charge on any atom is 0.200 e. The highest BCUT2D eigenvalue weighted by Crippen LogP contribution is 2.45. The predicted molar refractivity (Wildman–Crippen MR) is 146 cm³/mol. The molecule has 1 aromatic rings. The first kappa shape index (κ1) is 27.9. The normalized spacial score (nSPS) is 31.3. The van der Waals surface area contributed by atoms with Gasteiger partial charge in [0.15, 0.2) is 11.6 Å². The monoisotopic (exact) mass is 502 g/mol. The summed E-state index contributed by atoms with van der Waals surface area (Å²) in [6.07, 6.45) is 22.9. The fourth-order valence-electron chi connectivity index (χ4n) is 7.81. The van der Waals surface area contributed by atoms with Gasteiger partial charge in [0.25, 0.3) is 0 Å². The lowest BCUT2D eigenvalue weighted by Crippen LogP contribution is -2.25. The quantitative estimate of drug-likeness (QED) is 0.273. The van der Waals surface area contributed by atoms with Crippen molar-refractivity contribution in [2.75, 3.05) is 6.61 Å². The van der Waals surface area contributed by atoms with E-state index < -0.39 is 11.6 Å². The van der Waals surface area contributed by atoms with E-state index in [1.165, 1.54) is 89.9 Å². The first-order valence-corrected chi connectivity index (χ1v) is 15.7. The summed E-state index contributed by atoms with van der Waals surface area (Å²) >= 11 is 0. The highest BCUT2D eigenvalue weighted by molar-refractivity contribution is 5.33. The summed E-state index contributed by atoms with van der Waals surface area (Å²) in [6, 6.07) is 3.51. The zero-order valence-electron chi connectivity index (χ0n) is 23.2. The molecule has 0 N–H and O–H groups in total. The van der Waals surface area contributed by atoms with Crippen molar-refractivity contribution in [2.45, 2.75) is 135 Å². The molecule has 3 fully saturated rings. The molecule has 0 spiro atoms. The number of unbranched alkanes of at least 4 members (excludes halogenated alkanes) is 2. The average Bonchev–Trinajstić information content (AvgIpc) is 2.91. The number of hydrogen-bond donors (Lipinski definition) is 0. The minimum absolute atomic E-state index is 0.108. The summed E-state index contributed by atoms with van der Waals surface area (Å²) in [5, 5.41) is 0. The Morgan fingerprint density at radius 2 is 1.22 bits per heavy atom. The van der Waals surface area contributed by atoms with Gasteiger partial charge in [-0.05, 0) is 98.5 Å². The Balaban J connectivity index is 1.22. The van der Waals surface area contributed by atoms with E-state index in [0.717, 1.165) is 49.4 Å². The van der Waals surface area contributed by atoms with Gasteiger partial charge in [-0.3, -0.25) is 0 Å². The van der Waals surface area contributed by atoms with Crippen molar-refractivity contribution in [3.05, 3.63) is 29.3 Å². The average molecular weight is 503 g/mol. The maximum atomic E-state index is 15.1. The van der Waals surface area contributed by atoms with Crippen LogP contribution < -0.4 is 4.74 Å². The van der Waals surface area contributed by atoms with Gasteiger partial charge in [0.05, 0.1) is 6.61 Å². The molecule has 1 nitrogen and oxygen atoms in total. The lowest BCUT2D eigenvalue weighted by molar-refractivity contribution is 0.154. The molecule has 3 aliphatic rings. The maximum absolute atomic E-state index is 15.1. The summed E-state index contributed by atoms with van der Waals surface area (Å²) in [5.41, 5.74) is 0.581. The minimum atomic E-state index is -0.768.